The fraction of sp³-hybridized carbons (Fsp3) is 0.588. The van der Waals surface area contributed by atoms with Crippen molar-refractivity contribution >= 4 is 36.4 Å². The number of nitrogens with zero attached hydrogens (tertiary/aromatic N) is 1. The van der Waals surface area contributed by atoms with Gasteiger partial charge in [-0.15, -0.1) is 24.8 Å². The number of nitrogens with one attached hydrogen (secondary N) is 1. The highest BCUT2D eigenvalue weighted by Crippen LogP contribution is 2.35. The molecule has 8 heteroatoms. The summed E-state index contributed by atoms with van der Waals surface area (Å²) in [5.74, 6) is 1.65. The maximum absolute atomic E-state index is 12.3. The molecule has 0 aromatic heterocycles. The summed E-state index contributed by atoms with van der Waals surface area (Å²) in [5.41, 5.74) is 6.43. The highest BCUT2D eigenvalue weighted by molar-refractivity contribution is 5.89. The lowest BCUT2D eigenvalue weighted by molar-refractivity contribution is -0.134. The number of hydrogen-bond donors (Lipinski definition) is 2. The first kappa shape index (κ1) is 21.7. The summed E-state index contributed by atoms with van der Waals surface area (Å²) in [6.07, 6.45) is 3.49. The Hall–Kier alpha value is -1.37. The summed E-state index contributed by atoms with van der Waals surface area (Å²) >= 11 is 0. The Balaban J connectivity index is 0.00000156. The third-order valence-electron chi connectivity index (χ3n) is 4.72. The zero-order chi connectivity index (χ0) is 16.4. The number of piperidine rings is 1. The summed E-state index contributed by atoms with van der Waals surface area (Å²) in [6, 6.07) is 6.10. The van der Waals surface area contributed by atoms with E-state index >= 15 is 0 Å². The van der Waals surface area contributed by atoms with Gasteiger partial charge >= 0.3 is 0 Å². The molecule has 0 atom stereocenters. The number of carbonyl (C=O) groups excluding carboxylic acids is 1. The second-order valence-electron chi connectivity index (χ2n) is 6.47. The third kappa shape index (κ3) is 5.06. The first-order valence-corrected chi connectivity index (χ1v) is 8.12. The third-order valence-corrected chi connectivity index (χ3v) is 4.72. The van der Waals surface area contributed by atoms with Gasteiger partial charge in [-0.05, 0) is 25.7 Å². The molecule has 0 spiro atoms. The molecule has 1 amide bonds. The van der Waals surface area contributed by atoms with Crippen LogP contribution in [0.25, 0.3) is 0 Å². The van der Waals surface area contributed by atoms with Gasteiger partial charge in [0, 0.05) is 43.0 Å². The van der Waals surface area contributed by atoms with E-state index in [0.717, 1.165) is 56.0 Å². The average molecular weight is 392 g/mol. The van der Waals surface area contributed by atoms with Crippen LogP contribution in [0.1, 0.15) is 25.7 Å². The molecule has 1 saturated heterocycles. The summed E-state index contributed by atoms with van der Waals surface area (Å²) in [6.45, 7) is 1.52. The topological polar surface area (TPSA) is 76.8 Å². The van der Waals surface area contributed by atoms with Crippen LogP contribution in [-0.4, -0.2) is 49.7 Å². The van der Waals surface area contributed by atoms with Gasteiger partial charge in [-0.25, -0.2) is 0 Å². The predicted octanol–water partition coefficient (Wildman–Crippen LogP) is 2.44. The van der Waals surface area contributed by atoms with E-state index < -0.39 is 5.54 Å². The number of anilines is 1. The van der Waals surface area contributed by atoms with Gasteiger partial charge in [0.05, 0.1) is 19.8 Å². The Morgan fingerprint density at radius 1 is 1.12 bits per heavy atom. The van der Waals surface area contributed by atoms with Gasteiger partial charge < -0.3 is 25.4 Å². The van der Waals surface area contributed by atoms with Crippen LogP contribution in [0, 0.1) is 0 Å². The van der Waals surface area contributed by atoms with Crippen LogP contribution in [0.5, 0.6) is 11.5 Å². The summed E-state index contributed by atoms with van der Waals surface area (Å²) < 4.78 is 10.6. The standard InChI is InChI=1S/C17H25N3O3.2ClH/c1-22-14-9-13(10-15(11-14)23-2)19-12-3-7-20(8-4-12)16(21)17(18)5-6-17;;/h9-12,19H,3-8,18H2,1-2H3;2*1H. The van der Waals surface area contributed by atoms with Crippen molar-refractivity contribution in [3.63, 3.8) is 0 Å². The van der Waals surface area contributed by atoms with Crippen LogP contribution in [0.2, 0.25) is 0 Å². The van der Waals surface area contributed by atoms with Crippen LogP contribution in [0.4, 0.5) is 5.69 Å². The Labute approximate surface area is 161 Å². The minimum absolute atomic E-state index is 0. The monoisotopic (exact) mass is 391 g/mol. The van der Waals surface area contributed by atoms with Gasteiger partial charge in [-0.1, -0.05) is 0 Å². The molecule has 1 heterocycles. The van der Waals surface area contributed by atoms with Crippen molar-refractivity contribution in [2.24, 2.45) is 5.73 Å². The van der Waals surface area contributed by atoms with Crippen LogP contribution < -0.4 is 20.5 Å². The molecule has 0 radical (unpaired) electrons. The molecule has 2 aliphatic rings. The van der Waals surface area contributed by atoms with Crippen molar-refractivity contribution in [1.82, 2.24) is 4.90 Å². The smallest absolute Gasteiger partial charge is 0.242 e. The molecule has 3 N–H and O–H groups in total. The molecule has 1 aromatic carbocycles. The van der Waals surface area contributed by atoms with E-state index in [9.17, 15) is 4.79 Å². The Morgan fingerprint density at radius 3 is 2.08 bits per heavy atom. The first-order chi connectivity index (χ1) is 11.0. The fourth-order valence-electron chi connectivity index (χ4n) is 3.02. The number of likely N-dealkylation sites (tertiary alicyclic amines) is 1. The average Bonchev–Trinajstić information content (AvgIpc) is 3.33. The van der Waals surface area contributed by atoms with Crippen molar-refractivity contribution in [3.8, 4) is 11.5 Å². The summed E-state index contributed by atoms with van der Waals surface area (Å²) in [4.78, 5) is 14.2. The van der Waals surface area contributed by atoms with Crippen LogP contribution in [0.15, 0.2) is 18.2 Å². The van der Waals surface area contributed by atoms with Gasteiger partial charge in [0.1, 0.15) is 11.5 Å². The quantitative estimate of drug-likeness (QED) is 0.805. The number of rotatable bonds is 5. The SMILES string of the molecule is COc1cc(NC2CCN(C(=O)C3(N)CC3)CC2)cc(OC)c1.Cl.Cl. The predicted molar refractivity (Wildman–Crippen MR) is 103 cm³/mol. The maximum Gasteiger partial charge on any atom is 0.242 e. The highest BCUT2D eigenvalue weighted by atomic mass is 35.5. The molecule has 1 aliphatic carbocycles. The van der Waals surface area contributed by atoms with E-state index in [1.807, 2.05) is 23.1 Å². The molecular weight excluding hydrogens is 365 g/mol. The number of benzene rings is 1. The van der Waals surface area contributed by atoms with E-state index in [1.54, 1.807) is 14.2 Å². The van der Waals surface area contributed by atoms with Crippen molar-refractivity contribution in [1.29, 1.82) is 0 Å². The number of amides is 1. The number of halogens is 2. The molecule has 3 rings (SSSR count). The van der Waals surface area contributed by atoms with Crippen molar-refractivity contribution in [3.05, 3.63) is 18.2 Å². The normalized spacial score (nSPS) is 18.4. The minimum atomic E-state index is -0.555. The fourth-order valence-corrected chi connectivity index (χ4v) is 3.02. The molecule has 1 aromatic rings. The lowest BCUT2D eigenvalue weighted by Crippen LogP contribution is -2.50. The molecular formula is C17H27Cl2N3O3. The Morgan fingerprint density at radius 2 is 1.64 bits per heavy atom. The van der Waals surface area contributed by atoms with Crippen LogP contribution in [-0.2, 0) is 4.79 Å². The van der Waals surface area contributed by atoms with E-state index in [2.05, 4.69) is 5.32 Å². The van der Waals surface area contributed by atoms with Gasteiger partial charge in [-0.2, -0.15) is 0 Å². The van der Waals surface area contributed by atoms with Crippen molar-refractivity contribution < 1.29 is 14.3 Å². The molecule has 1 aliphatic heterocycles. The van der Waals surface area contributed by atoms with Crippen LogP contribution in [0.3, 0.4) is 0 Å². The van der Waals surface area contributed by atoms with Crippen molar-refractivity contribution in [2.75, 3.05) is 32.6 Å². The zero-order valence-corrected chi connectivity index (χ0v) is 16.3. The second kappa shape index (κ2) is 8.83. The molecule has 0 unspecified atom stereocenters. The maximum atomic E-state index is 12.3. The number of nitrogens with two attached hydrogens (primary N) is 1. The minimum Gasteiger partial charge on any atom is -0.497 e. The summed E-state index contributed by atoms with van der Waals surface area (Å²) in [7, 11) is 3.28. The van der Waals surface area contributed by atoms with E-state index in [-0.39, 0.29) is 30.7 Å². The Kier molecular flexibility index (Phi) is 7.65. The van der Waals surface area contributed by atoms with E-state index in [0.29, 0.717) is 6.04 Å². The highest BCUT2D eigenvalue weighted by Gasteiger charge is 2.48. The molecule has 0 bridgehead atoms. The van der Waals surface area contributed by atoms with Gasteiger partial charge in [-0.3, -0.25) is 4.79 Å². The van der Waals surface area contributed by atoms with Gasteiger partial charge in [0.25, 0.3) is 0 Å². The lowest BCUT2D eigenvalue weighted by Gasteiger charge is -2.34. The number of hydrogen-bond acceptors (Lipinski definition) is 5. The summed E-state index contributed by atoms with van der Waals surface area (Å²) in [5, 5.41) is 3.51. The molecule has 6 nitrogen and oxygen atoms in total. The largest absolute Gasteiger partial charge is 0.497 e. The van der Waals surface area contributed by atoms with Crippen LogP contribution >= 0.6 is 24.8 Å². The number of carbonyl (C=O) groups is 1. The van der Waals surface area contributed by atoms with E-state index in [4.69, 9.17) is 15.2 Å². The zero-order valence-electron chi connectivity index (χ0n) is 14.6. The molecule has 142 valence electrons. The number of methoxy groups -OCH3 is 2. The Bertz CT molecular complexity index is 566. The molecule has 2 fully saturated rings. The lowest BCUT2D eigenvalue weighted by atomic mass is 10.0. The number of ether oxygens (including phenoxy) is 2. The molecule has 25 heavy (non-hydrogen) atoms. The van der Waals surface area contributed by atoms with Gasteiger partial charge in [0.2, 0.25) is 5.91 Å². The van der Waals surface area contributed by atoms with Crippen molar-refractivity contribution in [2.45, 2.75) is 37.3 Å². The second-order valence-corrected chi connectivity index (χ2v) is 6.47. The van der Waals surface area contributed by atoms with E-state index in [1.165, 1.54) is 0 Å². The van der Waals surface area contributed by atoms with Gasteiger partial charge in [0.15, 0.2) is 0 Å². The first-order valence-electron chi connectivity index (χ1n) is 8.12. The molecule has 1 saturated carbocycles.